The normalized spacial score (nSPS) is 20.5. The van der Waals surface area contributed by atoms with Crippen molar-refractivity contribution < 1.29 is 9.59 Å². The molecule has 0 saturated carbocycles. The van der Waals surface area contributed by atoms with Crippen molar-refractivity contribution in [3.05, 3.63) is 0 Å². The van der Waals surface area contributed by atoms with Gasteiger partial charge in [-0.25, -0.2) is 0 Å². The van der Waals surface area contributed by atoms with Crippen LogP contribution in [0.4, 0.5) is 0 Å². The molecule has 2 rings (SSSR count). The predicted octanol–water partition coefficient (Wildman–Crippen LogP) is 1.80. The Balaban J connectivity index is 1.91. The van der Waals surface area contributed by atoms with Crippen LogP contribution in [-0.2, 0) is 9.59 Å². The molecule has 2 fully saturated rings. The smallest absolute Gasteiger partial charge is 0.237 e. The zero-order valence-corrected chi connectivity index (χ0v) is 18.1. The van der Waals surface area contributed by atoms with E-state index in [0.29, 0.717) is 24.9 Å². The Bertz CT molecular complexity index is 487. The molecule has 27 heavy (non-hydrogen) atoms. The minimum atomic E-state index is 0.0905. The van der Waals surface area contributed by atoms with Gasteiger partial charge in [0.05, 0.1) is 6.54 Å². The van der Waals surface area contributed by atoms with E-state index in [1.807, 2.05) is 4.90 Å². The second-order valence-electron chi connectivity index (χ2n) is 9.52. The van der Waals surface area contributed by atoms with Gasteiger partial charge in [-0.1, -0.05) is 20.8 Å². The highest BCUT2D eigenvalue weighted by molar-refractivity contribution is 5.80. The fourth-order valence-electron chi connectivity index (χ4n) is 4.31. The second kappa shape index (κ2) is 9.87. The summed E-state index contributed by atoms with van der Waals surface area (Å²) in [6.07, 6.45) is 4.71. The van der Waals surface area contributed by atoms with Gasteiger partial charge >= 0.3 is 0 Å². The van der Waals surface area contributed by atoms with Crippen LogP contribution in [0.15, 0.2) is 0 Å². The third-order valence-electron chi connectivity index (χ3n) is 6.31. The quantitative estimate of drug-likeness (QED) is 0.763. The Labute approximate surface area is 165 Å². The highest BCUT2D eigenvalue weighted by Gasteiger charge is 2.31. The molecule has 2 saturated heterocycles. The summed E-state index contributed by atoms with van der Waals surface area (Å²) in [6.45, 7) is 11.9. The number of piperidine rings is 2. The Kier molecular flexibility index (Phi) is 8.10. The first-order chi connectivity index (χ1) is 12.7. The summed E-state index contributed by atoms with van der Waals surface area (Å²) in [7, 11) is 3.55. The van der Waals surface area contributed by atoms with Gasteiger partial charge in [-0.3, -0.25) is 14.5 Å². The zero-order chi connectivity index (χ0) is 20.0. The van der Waals surface area contributed by atoms with Crippen molar-refractivity contribution in [2.75, 3.05) is 53.4 Å². The molecule has 6 nitrogen and oxygen atoms in total. The van der Waals surface area contributed by atoms with Gasteiger partial charge in [0.1, 0.15) is 0 Å². The van der Waals surface area contributed by atoms with Crippen molar-refractivity contribution in [3.8, 4) is 0 Å². The lowest BCUT2D eigenvalue weighted by Gasteiger charge is -2.40. The molecule has 1 N–H and O–H groups in total. The molecule has 0 atom stereocenters. The molecule has 156 valence electrons. The molecule has 2 amide bonds. The molecular weight excluding hydrogens is 340 g/mol. The maximum Gasteiger partial charge on any atom is 0.237 e. The first-order valence-electron chi connectivity index (χ1n) is 10.6. The number of likely N-dealkylation sites (tertiary alicyclic amines) is 1. The number of nitrogens with one attached hydrogen (secondary N) is 1. The summed E-state index contributed by atoms with van der Waals surface area (Å²) in [5, 5.41) is 3.37. The largest absolute Gasteiger partial charge is 0.349 e. The Hall–Kier alpha value is -1.14. The molecule has 2 heterocycles. The van der Waals surface area contributed by atoms with Gasteiger partial charge in [0.2, 0.25) is 11.8 Å². The lowest BCUT2D eigenvalue weighted by atomic mass is 9.75. The zero-order valence-electron chi connectivity index (χ0n) is 18.1. The minimum Gasteiger partial charge on any atom is -0.349 e. The van der Waals surface area contributed by atoms with E-state index in [1.165, 1.54) is 12.8 Å². The van der Waals surface area contributed by atoms with Gasteiger partial charge in [-0.15, -0.1) is 0 Å². The van der Waals surface area contributed by atoms with Gasteiger partial charge in [0.15, 0.2) is 0 Å². The Morgan fingerprint density at radius 2 is 1.59 bits per heavy atom. The van der Waals surface area contributed by atoms with E-state index in [9.17, 15) is 9.59 Å². The number of hydrogen-bond donors (Lipinski definition) is 1. The molecule has 0 radical (unpaired) electrons. The standard InChI is InChI=1S/C21H40N4O2/c1-21(2,3)17-8-13-24(14-9-17)16-20(27)25(15-10-19(26)23(4)5)18-6-11-22-12-7-18/h17-18,22H,6-16H2,1-5H3. The number of amides is 2. The van der Waals surface area contributed by atoms with Gasteiger partial charge in [-0.2, -0.15) is 0 Å². The number of hydrogen-bond acceptors (Lipinski definition) is 4. The van der Waals surface area contributed by atoms with E-state index in [0.717, 1.165) is 44.9 Å². The van der Waals surface area contributed by atoms with Crippen LogP contribution >= 0.6 is 0 Å². The van der Waals surface area contributed by atoms with Crippen LogP contribution in [0.1, 0.15) is 52.9 Å². The predicted molar refractivity (Wildman–Crippen MR) is 110 cm³/mol. The van der Waals surface area contributed by atoms with Crippen molar-refractivity contribution in [2.24, 2.45) is 11.3 Å². The SMILES string of the molecule is CN(C)C(=O)CCN(C(=O)CN1CCC(C(C)(C)C)CC1)C1CCNCC1. The molecule has 2 aliphatic rings. The monoisotopic (exact) mass is 380 g/mol. The highest BCUT2D eigenvalue weighted by Crippen LogP contribution is 2.34. The fourth-order valence-corrected chi connectivity index (χ4v) is 4.31. The molecular formula is C21H40N4O2. The molecule has 2 aliphatic heterocycles. The van der Waals surface area contributed by atoms with E-state index >= 15 is 0 Å². The number of carbonyl (C=O) groups excluding carboxylic acids is 2. The van der Waals surface area contributed by atoms with Gasteiger partial charge in [-0.05, 0) is 63.2 Å². The van der Waals surface area contributed by atoms with Crippen LogP contribution in [0.2, 0.25) is 0 Å². The molecule has 0 unspecified atom stereocenters. The van der Waals surface area contributed by atoms with E-state index in [4.69, 9.17) is 0 Å². The van der Waals surface area contributed by atoms with Gasteiger partial charge in [0.25, 0.3) is 0 Å². The van der Waals surface area contributed by atoms with Crippen molar-refractivity contribution in [2.45, 2.75) is 58.9 Å². The molecule has 0 aromatic heterocycles. The summed E-state index contributed by atoms with van der Waals surface area (Å²) in [4.78, 5) is 31.1. The lowest BCUT2D eigenvalue weighted by molar-refractivity contribution is -0.137. The highest BCUT2D eigenvalue weighted by atomic mass is 16.2. The van der Waals surface area contributed by atoms with Crippen LogP contribution < -0.4 is 5.32 Å². The van der Waals surface area contributed by atoms with Crippen LogP contribution in [0, 0.1) is 11.3 Å². The maximum absolute atomic E-state index is 13.1. The van der Waals surface area contributed by atoms with Crippen molar-refractivity contribution >= 4 is 11.8 Å². The summed E-state index contributed by atoms with van der Waals surface area (Å²) < 4.78 is 0. The topological polar surface area (TPSA) is 55.9 Å². The van der Waals surface area contributed by atoms with E-state index in [1.54, 1.807) is 19.0 Å². The Morgan fingerprint density at radius 1 is 1.00 bits per heavy atom. The minimum absolute atomic E-state index is 0.0905. The molecule has 0 spiro atoms. The van der Waals surface area contributed by atoms with Crippen molar-refractivity contribution in [1.82, 2.24) is 20.0 Å². The van der Waals surface area contributed by atoms with E-state index in [-0.39, 0.29) is 17.9 Å². The average Bonchev–Trinajstić information content (AvgIpc) is 2.62. The molecule has 6 heteroatoms. The summed E-state index contributed by atoms with van der Waals surface area (Å²) in [5.74, 6) is 1.03. The maximum atomic E-state index is 13.1. The fraction of sp³-hybridized carbons (Fsp3) is 0.905. The summed E-state index contributed by atoms with van der Waals surface area (Å²) in [5.41, 5.74) is 0.351. The number of carbonyl (C=O) groups is 2. The summed E-state index contributed by atoms with van der Waals surface area (Å²) in [6, 6.07) is 0.265. The first kappa shape index (κ1) is 22.2. The van der Waals surface area contributed by atoms with Crippen molar-refractivity contribution in [1.29, 1.82) is 0 Å². The van der Waals surface area contributed by atoms with Crippen LogP contribution in [0.25, 0.3) is 0 Å². The first-order valence-corrected chi connectivity index (χ1v) is 10.6. The third kappa shape index (κ3) is 6.75. The van der Waals surface area contributed by atoms with E-state index < -0.39 is 0 Å². The molecule has 0 bridgehead atoms. The third-order valence-corrected chi connectivity index (χ3v) is 6.31. The van der Waals surface area contributed by atoms with Gasteiger partial charge < -0.3 is 15.1 Å². The second-order valence-corrected chi connectivity index (χ2v) is 9.52. The van der Waals surface area contributed by atoms with E-state index in [2.05, 4.69) is 31.0 Å². The van der Waals surface area contributed by atoms with Crippen molar-refractivity contribution in [3.63, 3.8) is 0 Å². The molecule has 0 aromatic rings. The molecule has 0 aliphatic carbocycles. The van der Waals surface area contributed by atoms with Crippen LogP contribution in [0.5, 0.6) is 0 Å². The lowest BCUT2D eigenvalue weighted by Crippen LogP contribution is -2.51. The summed E-state index contributed by atoms with van der Waals surface area (Å²) >= 11 is 0. The van der Waals surface area contributed by atoms with Crippen LogP contribution in [0.3, 0.4) is 0 Å². The molecule has 0 aromatic carbocycles. The number of rotatable bonds is 6. The van der Waals surface area contributed by atoms with Crippen LogP contribution in [-0.4, -0.2) is 85.9 Å². The number of nitrogens with zero attached hydrogens (tertiary/aromatic N) is 3. The van der Waals surface area contributed by atoms with Gasteiger partial charge in [0, 0.05) is 33.1 Å². The average molecular weight is 381 g/mol. The Morgan fingerprint density at radius 3 is 2.11 bits per heavy atom.